The second-order valence-electron chi connectivity index (χ2n) is 7.84. The average Bonchev–Trinajstić information content (AvgIpc) is 2.75. The average molecular weight is 406 g/mol. The van der Waals surface area contributed by atoms with Crippen molar-refractivity contribution in [2.24, 2.45) is 0 Å². The van der Waals surface area contributed by atoms with Crippen LogP contribution in [0.5, 0.6) is 0 Å². The Balaban J connectivity index is 1.53. The summed E-state index contributed by atoms with van der Waals surface area (Å²) in [4.78, 5) is 28.0. The van der Waals surface area contributed by atoms with Gasteiger partial charge >= 0.3 is 0 Å². The molecule has 1 amide bonds. The van der Waals surface area contributed by atoms with E-state index < -0.39 is 0 Å². The zero-order valence-corrected chi connectivity index (χ0v) is 17.2. The van der Waals surface area contributed by atoms with Crippen molar-refractivity contribution in [2.45, 2.75) is 37.8 Å². The Morgan fingerprint density at radius 2 is 1.93 bits per heavy atom. The van der Waals surface area contributed by atoms with Crippen LogP contribution in [0.1, 0.15) is 36.0 Å². The summed E-state index contributed by atoms with van der Waals surface area (Å²) >= 11 is 0. The van der Waals surface area contributed by atoms with E-state index in [4.69, 9.17) is 0 Å². The maximum absolute atomic E-state index is 12.8. The van der Waals surface area contributed by atoms with Gasteiger partial charge in [0.15, 0.2) is 5.82 Å². The maximum Gasteiger partial charge on any atom is 0.255 e. The number of anilines is 3. The highest BCUT2D eigenvalue weighted by Gasteiger charge is 2.20. The number of amides is 1. The number of fused-ring (bicyclic) bond motifs is 1. The number of aliphatic hydroxyl groups excluding tert-OH is 1. The van der Waals surface area contributed by atoms with Crippen LogP contribution < -0.4 is 15.5 Å². The smallest absolute Gasteiger partial charge is 0.255 e. The third-order valence-corrected chi connectivity index (χ3v) is 5.33. The topological polar surface area (TPSA) is 103 Å². The third-order valence-electron chi connectivity index (χ3n) is 5.33. The predicted molar refractivity (Wildman–Crippen MR) is 118 cm³/mol. The highest BCUT2D eigenvalue weighted by molar-refractivity contribution is 6.07. The molecule has 156 valence electrons. The third kappa shape index (κ3) is 4.49. The summed E-state index contributed by atoms with van der Waals surface area (Å²) in [6, 6.07) is 9.26. The van der Waals surface area contributed by atoms with E-state index in [0.29, 0.717) is 28.5 Å². The summed E-state index contributed by atoms with van der Waals surface area (Å²) in [5.74, 6) is 1.02. The number of aromatic nitrogens is 3. The van der Waals surface area contributed by atoms with Crippen LogP contribution in [0.4, 0.5) is 17.5 Å². The van der Waals surface area contributed by atoms with Gasteiger partial charge in [0.2, 0.25) is 5.95 Å². The van der Waals surface area contributed by atoms with Gasteiger partial charge in [0.25, 0.3) is 5.91 Å². The summed E-state index contributed by atoms with van der Waals surface area (Å²) in [6.45, 7) is 0. The van der Waals surface area contributed by atoms with Gasteiger partial charge in [-0.25, -0.2) is 15.0 Å². The van der Waals surface area contributed by atoms with E-state index in [1.807, 2.05) is 31.1 Å². The van der Waals surface area contributed by atoms with Crippen molar-refractivity contribution in [3.05, 3.63) is 48.3 Å². The Kier molecular flexibility index (Phi) is 5.76. The Bertz CT molecular complexity index is 1050. The fraction of sp³-hybridized carbons (Fsp3) is 0.364. The van der Waals surface area contributed by atoms with Crippen molar-refractivity contribution < 1.29 is 9.90 Å². The summed E-state index contributed by atoms with van der Waals surface area (Å²) in [6.07, 6.45) is 6.62. The lowest BCUT2D eigenvalue weighted by Crippen LogP contribution is -2.28. The molecule has 0 atom stereocenters. The first-order chi connectivity index (χ1) is 14.5. The van der Waals surface area contributed by atoms with Crippen LogP contribution in [0.3, 0.4) is 0 Å². The van der Waals surface area contributed by atoms with E-state index in [2.05, 4.69) is 25.6 Å². The molecule has 3 aromatic rings. The number of rotatable bonds is 5. The normalized spacial score (nSPS) is 18.8. The number of nitrogens with zero attached hydrogens (tertiary/aromatic N) is 4. The van der Waals surface area contributed by atoms with Gasteiger partial charge < -0.3 is 20.6 Å². The summed E-state index contributed by atoms with van der Waals surface area (Å²) in [5.41, 5.74) is 1.87. The Labute approximate surface area is 175 Å². The van der Waals surface area contributed by atoms with Gasteiger partial charge in [-0.2, -0.15) is 0 Å². The molecule has 0 bridgehead atoms. The number of carbonyl (C=O) groups excluding carboxylic acids is 1. The number of aliphatic hydroxyl groups is 1. The number of hydrogen-bond acceptors (Lipinski definition) is 7. The van der Waals surface area contributed by atoms with Crippen molar-refractivity contribution in [1.29, 1.82) is 0 Å². The number of carbonyl (C=O) groups is 1. The molecule has 4 rings (SSSR count). The fourth-order valence-electron chi connectivity index (χ4n) is 3.68. The zero-order valence-electron chi connectivity index (χ0n) is 17.2. The Morgan fingerprint density at radius 1 is 1.13 bits per heavy atom. The van der Waals surface area contributed by atoms with Crippen LogP contribution in [0.25, 0.3) is 10.9 Å². The molecule has 3 N–H and O–H groups in total. The van der Waals surface area contributed by atoms with Gasteiger partial charge in [0.05, 0.1) is 17.3 Å². The first-order valence-corrected chi connectivity index (χ1v) is 10.1. The van der Waals surface area contributed by atoms with E-state index in [0.717, 1.165) is 31.1 Å². The van der Waals surface area contributed by atoms with Crippen LogP contribution >= 0.6 is 0 Å². The van der Waals surface area contributed by atoms with Gasteiger partial charge in [-0.15, -0.1) is 0 Å². The molecule has 1 saturated carbocycles. The molecule has 30 heavy (non-hydrogen) atoms. The minimum Gasteiger partial charge on any atom is -0.393 e. The van der Waals surface area contributed by atoms with Crippen molar-refractivity contribution in [3.63, 3.8) is 0 Å². The number of benzene rings is 1. The van der Waals surface area contributed by atoms with Crippen LogP contribution in [0.15, 0.2) is 42.7 Å². The second kappa shape index (κ2) is 8.62. The molecule has 0 radical (unpaired) electrons. The molecular formula is C22H26N6O2. The molecule has 1 aliphatic carbocycles. The van der Waals surface area contributed by atoms with Gasteiger partial charge in [-0.1, -0.05) is 6.07 Å². The van der Waals surface area contributed by atoms with Crippen molar-refractivity contribution in [1.82, 2.24) is 15.0 Å². The standard InChI is InChI=1S/C22H26N6O2/c1-28(2)20-18(4-3-11-23-20)26-21(30)14-5-6-15-13-24-22(27-19(15)12-14)25-16-7-9-17(29)10-8-16/h3-6,11-13,16-17,29H,7-10H2,1-2H3,(H,26,30)(H,24,25,27)/t16-,17-. The summed E-state index contributed by atoms with van der Waals surface area (Å²) in [7, 11) is 3.76. The quantitative estimate of drug-likeness (QED) is 0.598. The molecule has 0 spiro atoms. The van der Waals surface area contributed by atoms with Gasteiger partial charge in [-0.3, -0.25) is 4.79 Å². The lowest BCUT2D eigenvalue weighted by Gasteiger charge is -2.26. The largest absolute Gasteiger partial charge is 0.393 e. The Morgan fingerprint density at radius 3 is 2.70 bits per heavy atom. The van der Waals surface area contributed by atoms with Crippen molar-refractivity contribution >= 4 is 34.3 Å². The van der Waals surface area contributed by atoms with Crippen LogP contribution in [-0.2, 0) is 0 Å². The molecule has 1 aliphatic rings. The molecule has 8 heteroatoms. The lowest BCUT2D eigenvalue weighted by molar-refractivity contribution is 0.102. The molecule has 0 saturated heterocycles. The van der Waals surface area contributed by atoms with Crippen LogP contribution in [0.2, 0.25) is 0 Å². The molecule has 2 aromatic heterocycles. The molecule has 0 aliphatic heterocycles. The minimum absolute atomic E-state index is 0.200. The fourth-order valence-corrected chi connectivity index (χ4v) is 3.68. The van der Waals surface area contributed by atoms with Crippen molar-refractivity contribution in [3.8, 4) is 0 Å². The highest BCUT2D eigenvalue weighted by atomic mass is 16.3. The van der Waals surface area contributed by atoms with E-state index in [-0.39, 0.29) is 18.1 Å². The van der Waals surface area contributed by atoms with Crippen molar-refractivity contribution in [2.75, 3.05) is 29.6 Å². The maximum atomic E-state index is 12.8. The lowest BCUT2D eigenvalue weighted by atomic mass is 9.93. The first-order valence-electron chi connectivity index (χ1n) is 10.1. The zero-order chi connectivity index (χ0) is 21.1. The van der Waals surface area contributed by atoms with E-state index in [1.54, 1.807) is 30.6 Å². The van der Waals surface area contributed by atoms with E-state index in [1.165, 1.54) is 0 Å². The molecule has 2 heterocycles. The minimum atomic E-state index is -0.220. The van der Waals surface area contributed by atoms with Crippen LogP contribution in [-0.4, -0.2) is 52.2 Å². The summed E-state index contributed by atoms with van der Waals surface area (Å²) in [5, 5.41) is 16.8. The summed E-state index contributed by atoms with van der Waals surface area (Å²) < 4.78 is 0. The van der Waals surface area contributed by atoms with Gasteiger partial charge in [0, 0.05) is 43.5 Å². The SMILES string of the molecule is CN(C)c1ncccc1NC(=O)c1ccc2cnc(N[C@H]3CC[C@H](O)CC3)nc2c1. The number of hydrogen-bond donors (Lipinski definition) is 3. The van der Waals surface area contributed by atoms with E-state index >= 15 is 0 Å². The highest BCUT2D eigenvalue weighted by Crippen LogP contribution is 2.24. The number of pyridine rings is 1. The van der Waals surface area contributed by atoms with Crippen LogP contribution in [0, 0.1) is 0 Å². The molecule has 0 unspecified atom stereocenters. The van der Waals surface area contributed by atoms with Gasteiger partial charge in [-0.05, 0) is 49.9 Å². The van der Waals surface area contributed by atoms with Gasteiger partial charge in [0.1, 0.15) is 0 Å². The molecule has 8 nitrogen and oxygen atoms in total. The first kappa shape index (κ1) is 20.0. The Hall–Kier alpha value is -3.26. The monoisotopic (exact) mass is 406 g/mol. The van der Waals surface area contributed by atoms with E-state index in [9.17, 15) is 9.90 Å². The second-order valence-corrected chi connectivity index (χ2v) is 7.84. The predicted octanol–water partition coefficient (Wildman–Crippen LogP) is 3.06. The molecular weight excluding hydrogens is 380 g/mol. The number of nitrogens with one attached hydrogen (secondary N) is 2. The molecule has 1 aromatic carbocycles. The molecule has 1 fully saturated rings.